The fraction of sp³-hybridized carbons (Fsp3) is 0.333. The molecule has 0 aromatic carbocycles. The molecular formula is C9H12N4O4S. The Balaban J connectivity index is 3.28. The number of carboxylic acid groups (broad SMARTS) is 1. The fourth-order valence-corrected chi connectivity index (χ4v) is 1.76. The zero-order chi connectivity index (χ0) is 13.9. The number of nitrogens with zero attached hydrogens (tertiary/aromatic N) is 1. The van der Waals surface area contributed by atoms with Crippen molar-refractivity contribution in [3.8, 4) is 0 Å². The van der Waals surface area contributed by atoms with Gasteiger partial charge in [-0.1, -0.05) is 0 Å². The van der Waals surface area contributed by atoms with Crippen LogP contribution >= 0.6 is 12.6 Å². The molecular weight excluding hydrogens is 260 g/mol. The molecule has 0 aliphatic carbocycles. The summed E-state index contributed by atoms with van der Waals surface area (Å²) in [6, 6.07) is -1.52. The highest BCUT2D eigenvalue weighted by atomic mass is 32.1. The van der Waals surface area contributed by atoms with Crippen LogP contribution in [-0.4, -0.2) is 38.9 Å². The zero-order valence-electron chi connectivity index (χ0n) is 9.38. The molecule has 0 aliphatic rings. The number of rotatable bonds is 5. The van der Waals surface area contributed by atoms with Gasteiger partial charge < -0.3 is 21.1 Å². The summed E-state index contributed by atoms with van der Waals surface area (Å²) in [5.41, 5.74) is 5.15. The first-order valence-electron chi connectivity index (χ1n) is 4.81. The van der Waals surface area contributed by atoms with Crippen LogP contribution in [0.25, 0.3) is 0 Å². The van der Waals surface area contributed by atoms with E-state index in [2.05, 4.69) is 27.9 Å². The number of aliphatic carboxylic acids is 1. The smallest absolute Gasteiger partial charge is 0.328 e. The summed E-state index contributed by atoms with van der Waals surface area (Å²) in [4.78, 5) is 39.9. The number of nitrogens with two attached hydrogens (primary N) is 1. The third-order valence-electron chi connectivity index (χ3n) is 2.28. The molecule has 0 radical (unpaired) electrons. The Morgan fingerprint density at radius 1 is 1.61 bits per heavy atom. The summed E-state index contributed by atoms with van der Waals surface area (Å²) in [5, 5.41) is 11.4. The summed E-state index contributed by atoms with van der Waals surface area (Å²) >= 11 is 3.99. The number of imidazole rings is 1. The maximum absolute atomic E-state index is 11.4. The Bertz CT molecular complexity index is 475. The highest BCUT2D eigenvalue weighted by Gasteiger charge is 2.49. The Morgan fingerprint density at radius 2 is 2.22 bits per heavy atom. The van der Waals surface area contributed by atoms with Crippen LogP contribution in [0.5, 0.6) is 0 Å². The predicted octanol–water partition coefficient (Wildman–Crippen LogP) is -1.39. The van der Waals surface area contributed by atoms with Crippen LogP contribution in [0.2, 0.25) is 0 Å². The number of hydrogen-bond acceptors (Lipinski definition) is 5. The van der Waals surface area contributed by atoms with E-state index in [1.165, 1.54) is 12.5 Å². The highest BCUT2D eigenvalue weighted by molar-refractivity contribution is 7.82. The van der Waals surface area contributed by atoms with Gasteiger partial charge in [-0.2, -0.15) is 12.6 Å². The Kier molecular flexibility index (Phi) is 3.96. The second-order valence-corrected chi connectivity index (χ2v) is 4.28. The van der Waals surface area contributed by atoms with E-state index in [0.29, 0.717) is 0 Å². The number of carboxylic acids is 1. The lowest BCUT2D eigenvalue weighted by atomic mass is 9.94. The molecule has 2 atom stereocenters. The van der Waals surface area contributed by atoms with Crippen LogP contribution in [0.4, 0.5) is 0 Å². The van der Waals surface area contributed by atoms with Crippen molar-refractivity contribution < 1.29 is 19.5 Å². The van der Waals surface area contributed by atoms with Gasteiger partial charge in [0, 0.05) is 6.92 Å². The van der Waals surface area contributed by atoms with E-state index in [4.69, 9.17) is 5.73 Å². The average molecular weight is 272 g/mol. The molecule has 5 N–H and O–H groups in total. The molecule has 8 nitrogen and oxygen atoms in total. The van der Waals surface area contributed by atoms with Crippen LogP contribution in [0.3, 0.4) is 0 Å². The van der Waals surface area contributed by atoms with E-state index in [1.54, 1.807) is 0 Å². The van der Waals surface area contributed by atoms with Crippen LogP contribution in [0, 0.1) is 0 Å². The second-order valence-electron chi connectivity index (χ2n) is 3.57. The molecule has 2 unspecified atom stereocenters. The first-order valence-corrected chi connectivity index (χ1v) is 5.26. The van der Waals surface area contributed by atoms with Gasteiger partial charge >= 0.3 is 5.97 Å². The second kappa shape index (κ2) is 5.08. The standard InChI is InChI=1S/C9H12N4O4S/c1-4(14)13-6(7(10)15)9(18,8(16)17)5-2-11-3-12-5/h2-3,6,18H,1H3,(H2,10,15)(H,11,12)(H,13,14)(H,16,17). The fourth-order valence-electron chi connectivity index (χ4n) is 1.44. The number of H-pyrrole nitrogens is 1. The molecule has 0 saturated heterocycles. The Labute approximate surface area is 107 Å². The van der Waals surface area contributed by atoms with Crippen LogP contribution in [-0.2, 0) is 19.1 Å². The number of nitrogens with one attached hydrogen (secondary N) is 2. The number of aromatic amines is 1. The summed E-state index contributed by atoms with van der Waals surface area (Å²) < 4.78 is -2.02. The normalized spacial score (nSPS) is 15.4. The molecule has 1 rings (SSSR count). The molecule has 1 heterocycles. The maximum Gasteiger partial charge on any atom is 0.328 e. The number of thiol groups is 1. The van der Waals surface area contributed by atoms with Crippen LogP contribution in [0.15, 0.2) is 12.5 Å². The summed E-state index contributed by atoms with van der Waals surface area (Å²) in [7, 11) is 0. The SMILES string of the molecule is CC(=O)NC(C(N)=O)C(S)(C(=O)O)c1cnc[nH]1. The van der Waals surface area contributed by atoms with E-state index in [9.17, 15) is 19.5 Å². The average Bonchev–Trinajstić information content (AvgIpc) is 2.77. The van der Waals surface area contributed by atoms with Gasteiger partial charge in [-0.3, -0.25) is 14.4 Å². The molecule has 0 bridgehead atoms. The molecule has 18 heavy (non-hydrogen) atoms. The minimum absolute atomic E-state index is 0.0379. The van der Waals surface area contributed by atoms with Crippen molar-refractivity contribution in [1.29, 1.82) is 0 Å². The van der Waals surface area contributed by atoms with Gasteiger partial charge in [0.1, 0.15) is 6.04 Å². The first kappa shape index (κ1) is 14.0. The van der Waals surface area contributed by atoms with Crippen LogP contribution < -0.4 is 11.1 Å². The van der Waals surface area contributed by atoms with Crippen molar-refractivity contribution in [2.24, 2.45) is 5.73 Å². The molecule has 9 heteroatoms. The number of amides is 2. The van der Waals surface area contributed by atoms with Crippen LogP contribution in [0.1, 0.15) is 12.6 Å². The third-order valence-corrected chi connectivity index (χ3v) is 2.98. The molecule has 1 aromatic rings. The van der Waals surface area contributed by atoms with Crippen molar-refractivity contribution in [3.63, 3.8) is 0 Å². The van der Waals surface area contributed by atoms with Crippen molar-refractivity contribution in [2.45, 2.75) is 17.7 Å². The van der Waals surface area contributed by atoms with Gasteiger partial charge in [-0.05, 0) is 0 Å². The zero-order valence-corrected chi connectivity index (χ0v) is 10.3. The van der Waals surface area contributed by atoms with E-state index >= 15 is 0 Å². The highest BCUT2D eigenvalue weighted by Crippen LogP contribution is 2.31. The van der Waals surface area contributed by atoms with E-state index in [-0.39, 0.29) is 5.69 Å². The molecule has 98 valence electrons. The number of aromatic nitrogens is 2. The minimum Gasteiger partial charge on any atom is -0.480 e. The lowest BCUT2D eigenvalue weighted by molar-refractivity contribution is -0.143. The van der Waals surface area contributed by atoms with Gasteiger partial charge in [0.15, 0.2) is 4.75 Å². The number of carbonyl (C=O) groups is 3. The monoisotopic (exact) mass is 272 g/mol. The molecule has 2 amide bonds. The summed E-state index contributed by atoms with van der Waals surface area (Å²) in [6.45, 7) is 1.14. The molecule has 1 aromatic heterocycles. The maximum atomic E-state index is 11.4. The summed E-state index contributed by atoms with van der Waals surface area (Å²) in [5.74, 6) is -3.05. The van der Waals surface area contributed by atoms with Gasteiger partial charge in [0.2, 0.25) is 11.8 Å². The number of hydrogen-bond donors (Lipinski definition) is 5. The van der Waals surface area contributed by atoms with E-state index in [0.717, 1.165) is 6.92 Å². The molecule has 0 saturated carbocycles. The minimum atomic E-state index is -2.02. The number of carbonyl (C=O) groups excluding carboxylic acids is 2. The molecule has 0 aliphatic heterocycles. The molecule has 0 fully saturated rings. The Hall–Kier alpha value is -2.03. The van der Waals surface area contributed by atoms with Crippen molar-refractivity contribution in [2.75, 3.05) is 0 Å². The van der Waals surface area contributed by atoms with E-state index in [1.807, 2.05) is 0 Å². The van der Waals surface area contributed by atoms with Gasteiger partial charge in [-0.15, -0.1) is 0 Å². The lowest BCUT2D eigenvalue weighted by Crippen LogP contribution is -2.58. The predicted molar refractivity (Wildman–Crippen MR) is 63.7 cm³/mol. The van der Waals surface area contributed by atoms with Gasteiger partial charge in [0.05, 0.1) is 18.2 Å². The van der Waals surface area contributed by atoms with Gasteiger partial charge in [-0.25, -0.2) is 4.98 Å². The first-order chi connectivity index (χ1) is 8.30. The van der Waals surface area contributed by atoms with E-state index < -0.39 is 28.6 Å². The molecule has 0 spiro atoms. The quantitative estimate of drug-likeness (QED) is 0.420. The van der Waals surface area contributed by atoms with Crippen molar-refractivity contribution >= 4 is 30.4 Å². The van der Waals surface area contributed by atoms with Gasteiger partial charge in [0.25, 0.3) is 0 Å². The largest absolute Gasteiger partial charge is 0.480 e. The summed E-state index contributed by atoms with van der Waals surface area (Å²) in [6.07, 6.45) is 2.42. The topological polar surface area (TPSA) is 138 Å². The third kappa shape index (κ3) is 2.45. The van der Waals surface area contributed by atoms with Crippen molar-refractivity contribution in [1.82, 2.24) is 15.3 Å². The Morgan fingerprint density at radius 3 is 2.56 bits per heavy atom. The van der Waals surface area contributed by atoms with Crippen molar-refractivity contribution in [3.05, 3.63) is 18.2 Å². The lowest BCUT2D eigenvalue weighted by Gasteiger charge is -2.29. The number of primary amides is 1.